The van der Waals surface area contributed by atoms with E-state index in [1.165, 1.54) is 0 Å². The molecule has 2 aliphatic heterocycles. The number of alkyl halides is 2. The van der Waals surface area contributed by atoms with Crippen LogP contribution in [0.2, 0.25) is 0 Å². The number of anilines is 1. The number of fused-ring (bicyclic) bond motifs is 1. The summed E-state index contributed by atoms with van der Waals surface area (Å²) in [5.41, 5.74) is 4.67. The molecule has 1 aromatic carbocycles. The van der Waals surface area contributed by atoms with Crippen molar-refractivity contribution in [3.05, 3.63) is 29.8 Å². The summed E-state index contributed by atoms with van der Waals surface area (Å²) in [5, 5.41) is 3.01. The molecule has 0 amide bonds. The molecular weight excluding hydrogens is 282 g/mol. The van der Waals surface area contributed by atoms with Gasteiger partial charge in [-0.3, -0.25) is 0 Å². The van der Waals surface area contributed by atoms with E-state index in [1.807, 2.05) is 18.2 Å². The van der Waals surface area contributed by atoms with Crippen LogP contribution >= 0.6 is 12.2 Å². The van der Waals surface area contributed by atoms with Crippen molar-refractivity contribution in [3.63, 3.8) is 0 Å². The summed E-state index contributed by atoms with van der Waals surface area (Å²) in [7, 11) is 0. The van der Waals surface area contributed by atoms with E-state index in [2.05, 4.69) is 5.32 Å². The molecule has 0 aromatic heterocycles. The second-order valence-electron chi connectivity index (χ2n) is 5.57. The number of halogens is 2. The van der Waals surface area contributed by atoms with Gasteiger partial charge < -0.3 is 15.8 Å². The summed E-state index contributed by atoms with van der Waals surface area (Å²) in [6, 6.07) is 7.37. The molecule has 108 valence electrons. The van der Waals surface area contributed by atoms with Crippen LogP contribution in [0.15, 0.2) is 24.3 Å². The number of rotatable bonds is 2. The molecule has 0 bridgehead atoms. The lowest BCUT2D eigenvalue weighted by Gasteiger charge is -2.45. The van der Waals surface area contributed by atoms with Gasteiger partial charge in [0, 0.05) is 11.6 Å². The van der Waals surface area contributed by atoms with Gasteiger partial charge in [-0.05, 0) is 24.1 Å². The van der Waals surface area contributed by atoms with E-state index >= 15 is 0 Å². The first-order valence-electron chi connectivity index (χ1n) is 6.51. The number of nitrogens with two attached hydrogens (primary N) is 1. The molecule has 3 nitrogen and oxygen atoms in total. The monoisotopic (exact) mass is 298 g/mol. The van der Waals surface area contributed by atoms with Crippen molar-refractivity contribution in [1.29, 1.82) is 0 Å². The predicted molar refractivity (Wildman–Crippen MR) is 77.0 cm³/mol. The predicted octanol–water partition coefficient (Wildman–Crippen LogP) is 2.11. The van der Waals surface area contributed by atoms with Crippen LogP contribution < -0.4 is 11.1 Å². The molecular formula is C14H16F2N2OS. The number of benzene rings is 1. The van der Waals surface area contributed by atoms with Crippen LogP contribution in [0.1, 0.15) is 12.0 Å². The van der Waals surface area contributed by atoms with Crippen LogP contribution in [0.3, 0.4) is 0 Å². The topological polar surface area (TPSA) is 47.3 Å². The normalized spacial score (nSPS) is 36.5. The molecule has 3 N–H and O–H groups in total. The molecule has 2 saturated heterocycles. The Morgan fingerprint density at radius 3 is 3.00 bits per heavy atom. The fraction of sp³-hybridized carbons (Fsp3) is 0.500. The lowest BCUT2D eigenvalue weighted by molar-refractivity contribution is 0.107. The third-order valence-corrected chi connectivity index (χ3v) is 4.74. The third kappa shape index (κ3) is 1.90. The van der Waals surface area contributed by atoms with Crippen LogP contribution in [0.4, 0.5) is 14.5 Å². The zero-order valence-electron chi connectivity index (χ0n) is 10.9. The fourth-order valence-corrected chi connectivity index (χ4v) is 3.43. The van der Waals surface area contributed by atoms with Crippen molar-refractivity contribution in [1.82, 2.24) is 5.32 Å². The van der Waals surface area contributed by atoms with Gasteiger partial charge in [0.15, 0.2) is 5.67 Å². The van der Waals surface area contributed by atoms with Crippen molar-refractivity contribution >= 4 is 22.9 Å². The SMILES string of the molecule is Nc1cccc([C@]23COC[C@H]2C[C@@](F)(CF)C(=S)N3)c1. The van der Waals surface area contributed by atoms with Gasteiger partial charge in [-0.2, -0.15) is 0 Å². The summed E-state index contributed by atoms with van der Waals surface area (Å²) >= 11 is 5.06. The smallest absolute Gasteiger partial charge is 0.189 e. The molecule has 0 saturated carbocycles. The second-order valence-corrected chi connectivity index (χ2v) is 5.97. The molecule has 20 heavy (non-hydrogen) atoms. The van der Waals surface area contributed by atoms with Crippen LogP contribution in [-0.4, -0.2) is 30.5 Å². The van der Waals surface area contributed by atoms with Gasteiger partial charge >= 0.3 is 0 Å². The van der Waals surface area contributed by atoms with Gasteiger partial charge in [0.05, 0.1) is 18.8 Å². The molecule has 0 unspecified atom stereocenters. The van der Waals surface area contributed by atoms with Crippen LogP contribution in [0, 0.1) is 5.92 Å². The average Bonchev–Trinajstić information content (AvgIpc) is 2.83. The van der Waals surface area contributed by atoms with Gasteiger partial charge in [-0.15, -0.1) is 0 Å². The first-order valence-corrected chi connectivity index (χ1v) is 6.92. The first-order chi connectivity index (χ1) is 9.50. The minimum absolute atomic E-state index is 0.0319. The van der Waals surface area contributed by atoms with Crippen molar-refractivity contribution in [3.8, 4) is 0 Å². The maximum absolute atomic E-state index is 14.4. The third-order valence-electron chi connectivity index (χ3n) is 4.27. The zero-order chi connectivity index (χ0) is 14.4. The molecule has 2 heterocycles. The minimum Gasteiger partial charge on any atom is -0.399 e. The first kappa shape index (κ1) is 13.7. The van der Waals surface area contributed by atoms with Gasteiger partial charge in [0.2, 0.25) is 0 Å². The van der Waals surface area contributed by atoms with E-state index < -0.39 is 17.9 Å². The number of hydrogen-bond acceptors (Lipinski definition) is 3. The van der Waals surface area contributed by atoms with Crippen molar-refractivity contribution in [2.75, 3.05) is 25.6 Å². The van der Waals surface area contributed by atoms with Gasteiger partial charge in [0.25, 0.3) is 0 Å². The van der Waals surface area contributed by atoms with Crippen molar-refractivity contribution in [2.24, 2.45) is 5.92 Å². The molecule has 3 atom stereocenters. The summed E-state index contributed by atoms with van der Waals surface area (Å²) in [6.45, 7) is -0.345. The lowest BCUT2D eigenvalue weighted by atomic mass is 9.72. The van der Waals surface area contributed by atoms with Gasteiger partial charge in [-0.25, -0.2) is 8.78 Å². The van der Waals surface area contributed by atoms with Crippen molar-refractivity contribution in [2.45, 2.75) is 17.6 Å². The Morgan fingerprint density at radius 2 is 2.30 bits per heavy atom. The highest BCUT2D eigenvalue weighted by molar-refractivity contribution is 7.80. The van der Waals surface area contributed by atoms with E-state index in [0.717, 1.165) is 5.56 Å². The number of nitrogens with one attached hydrogen (secondary N) is 1. The van der Waals surface area contributed by atoms with E-state index in [4.69, 9.17) is 22.7 Å². The average molecular weight is 298 g/mol. The van der Waals surface area contributed by atoms with E-state index in [0.29, 0.717) is 18.9 Å². The maximum atomic E-state index is 14.4. The molecule has 6 heteroatoms. The number of piperidine rings is 1. The quantitative estimate of drug-likeness (QED) is 0.648. The molecule has 2 aliphatic rings. The Hall–Kier alpha value is -1.27. The van der Waals surface area contributed by atoms with Crippen molar-refractivity contribution < 1.29 is 13.5 Å². The molecule has 2 fully saturated rings. The second kappa shape index (κ2) is 4.63. The molecule has 1 aromatic rings. The minimum atomic E-state index is -2.09. The number of hydrogen-bond donors (Lipinski definition) is 2. The molecule has 3 rings (SSSR count). The number of ether oxygens (including phenoxy) is 1. The molecule has 0 aliphatic carbocycles. The van der Waals surface area contributed by atoms with Crippen LogP contribution in [-0.2, 0) is 10.3 Å². The summed E-state index contributed by atoms with van der Waals surface area (Å²) < 4.78 is 33.0. The van der Waals surface area contributed by atoms with E-state index in [-0.39, 0.29) is 17.3 Å². The number of nitrogen functional groups attached to an aromatic ring is 1. The van der Waals surface area contributed by atoms with Crippen LogP contribution in [0.5, 0.6) is 0 Å². The Balaban J connectivity index is 2.02. The standard InChI is InChI=1S/C14H16F2N2OS/c15-7-13(16)5-10-6-19-8-14(10,18-12(13)20)9-2-1-3-11(17)4-9/h1-4,10H,5-8,17H2,(H,18,20)/t10-,13-,14-/m1/s1. The fourth-order valence-electron chi connectivity index (χ4n) is 3.11. The molecule has 0 spiro atoms. The van der Waals surface area contributed by atoms with Gasteiger partial charge in [0.1, 0.15) is 11.7 Å². The lowest BCUT2D eigenvalue weighted by Crippen LogP contribution is -2.63. The Kier molecular flexibility index (Phi) is 3.17. The Morgan fingerprint density at radius 1 is 1.50 bits per heavy atom. The Bertz CT molecular complexity index is 556. The van der Waals surface area contributed by atoms with Gasteiger partial charge in [-0.1, -0.05) is 24.4 Å². The number of thiocarbonyl (C=S) groups is 1. The molecule has 0 radical (unpaired) electrons. The maximum Gasteiger partial charge on any atom is 0.189 e. The summed E-state index contributed by atoms with van der Waals surface area (Å²) in [5.74, 6) is -0.170. The van der Waals surface area contributed by atoms with E-state index in [9.17, 15) is 8.78 Å². The highest BCUT2D eigenvalue weighted by atomic mass is 32.1. The zero-order valence-corrected chi connectivity index (χ0v) is 11.7. The van der Waals surface area contributed by atoms with E-state index in [1.54, 1.807) is 6.07 Å². The highest BCUT2D eigenvalue weighted by Crippen LogP contribution is 2.45. The highest BCUT2D eigenvalue weighted by Gasteiger charge is 2.56. The largest absolute Gasteiger partial charge is 0.399 e. The summed E-state index contributed by atoms with van der Waals surface area (Å²) in [6.07, 6.45) is 0.0319. The summed E-state index contributed by atoms with van der Waals surface area (Å²) in [4.78, 5) is -0.0795. The Labute approximate surface area is 121 Å². The van der Waals surface area contributed by atoms with Crippen LogP contribution in [0.25, 0.3) is 0 Å².